The zero-order valence-electron chi connectivity index (χ0n) is 13.7. The largest absolute Gasteiger partial charge is 0.335 e. The van der Waals surface area contributed by atoms with Crippen molar-refractivity contribution in [1.82, 2.24) is 19.2 Å². The van der Waals surface area contributed by atoms with E-state index in [1.54, 1.807) is 29.5 Å². The molecular weight excluding hydrogens is 378 g/mol. The topological polar surface area (TPSA) is 94.1 Å². The molecule has 0 aliphatic rings. The lowest BCUT2D eigenvalue weighted by molar-refractivity contribution is 0.520. The van der Waals surface area contributed by atoms with E-state index in [4.69, 9.17) is 5.84 Å². The summed E-state index contributed by atoms with van der Waals surface area (Å²) in [4.78, 5) is 1.21. The molecule has 2 aromatic heterocycles. The first-order valence-corrected chi connectivity index (χ1v) is 10.6. The van der Waals surface area contributed by atoms with Crippen LogP contribution in [0, 0.1) is 0 Å². The maximum Gasteiger partial charge on any atom is 0.242 e. The number of nitrogens with zero attached hydrogens (tertiary/aromatic N) is 4. The van der Waals surface area contributed by atoms with Crippen molar-refractivity contribution in [2.24, 2.45) is 0 Å². The third-order valence-corrected chi connectivity index (χ3v) is 7.14. The Morgan fingerprint density at radius 3 is 2.72 bits per heavy atom. The predicted molar refractivity (Wildman–Crippen MR) is 100 cm³/mol. The monoisotopic (exact) mass is 395 g/mol. The smallest absolute Gasteiger partial charge is 0.242 e. The van der Waals surface area contributed by atoms with Gasteiger partial charge >= 0.3 is 0 Å². The molecule has 0 atom stereocenters. The fourth-order valence-corrected chi connectivity index (χ4v) is 4.58. The molecule has 3 aromatic rings. The van der Waals surface area contributed by atoms with Crippen LogP contribution in [0.25, 0.3) is 10.7 Å². The van der Waals surface area contributed by atoms with E-state index in [-0.39, 0.29) is 4.90 Å². The van der Waals surface area contributed by atoms with Crippen molar-refractivity contribution in [3.8, 4) is 10.7 Å². The van der Waals surface area contributed by atoms with Gasteiger partial charge in [0.25, 0.3) is 0 Å². The quantitative estimate of drug-likeness (QED) is 0.508. The Labute approximate surface area is 154 Å². The van der Waals surface area contributed by atoms with Crippen molar-refractivity contribution < 1.29 is 8.42 Å². The average Bonchev–Trinajstić information content (AvgIpc) is 3.23. The van der Waals surface area contributed by atoms with Crippen molar-refractivity contribution in [2.75, 3.05) is 19.9 Å². The van der Waals surface area contributed by atoms with Crippen molar-refractivity contribution in [2.45, 2.75) is 15.8 Å². The molecule has 2 N–H and O–H groups in total. The fourth-order valence-electron chi connectivity index (χ4n) is 2.10. The Hall–Kier alpha value is -1.88. The second-order valence-electron chi connectivity index (χ2n) is 5.38. The van der Waals surface area contributed by atoms with Gasteiger partial charge in [-0.3, -0.25) is 0 Å². The minimum absolute atomic E-state index is 0.268. The molecule has 0 aliphatic carbocycles. The van der Waals surface area contributed by atoms with Crippen molar-refractivity contribution in [3.05, 3.63) is 47.3 Å². The van der Waals surface area contributed by atoms with Gasteiger partial charge in [-0.15, -0.1) is 21.5 Å². The van der Waals surface area contributed by atoms with Crippen LogP contribution < -0.4 is 5.84 Å². The molecule has 0 unspecified atom stereocenters. The highest BCUT2D eigenvalue weighted by molar-refractivity contribution is 7.98. The number of nitrogens with two attached hydrogens (primary N) is 1. The molecular formula is C15H17N5O2S3. The highest BCUT2D eigenvalue weighted by Gasteiger charge is 2.18. The molecule has 25 heavy (non-hydrogen) atoms. The van der Waals surface area contributed by atoms with E-state index < -0.39 is 10.0 Å². The Morgan fingerprint density at radius 2 is 2.04 bits per heavy atom. The standard InChI is InChI=1S/C15H17N5O2S3/c1-19(2)25(21,22)12-6-3-5-11(9-12)10-24-15-18-17-14(20(15)16)13-7-4-8-23-13/h3-9H,10,16H2,1-2H3. The van der Waals surface area contributed by atoms with E-state index >= 15 is 0 Å². The molecule has 0 spiro atoms. The number of hydrogen-bond acceptors (Lipinski definition) is 7. The SMILES string of the molecule is CN(C)S(=O)(=O)c1cccc(CSc2nnc(-c3cccs3)n2N)c1. The molecule has 0 aliphatic heterocycles. The van der Waals surface area contributed by atoms with Gasteiger partial charge in [-0.1, -0.05) is 30.0 Å². The maximum atomic E-state index is 12.2. The Morgan fingerprint density at radius 1 is 1.24 bits per heavy atom. The lowest BCUT2D eigenvalue weighted by Gasteiger charge is -2.12. The summed E-state index contributed by atoms with van der Waals surface area (Å²) in [6.07, 6.45) is 0. The zero-order valence-corrected chi connectivity index (χ0v) is 16.1. The third-order valence-electron chi connectivity index (χ3n) is 3.45. The van der Waals surface area contributed by atoms with Crippen LogP contribution >= 0.6 is 23.1 Å². The predicted octanol–water partition coefficient (Wildman–Crippen LogP) is 2.26. The minimum atomic E-state index is -3.45. The van der Waals surface area contributed by atoms with E-state index in [1.807, 2.05) is 23.6 Å². The van der Waals surface area contributed by atoms with E-state index in [2.05, 4.69) is 10.2 Å². The molecule has 0 amide bonds. The van der Waals surface area contributed by atoms with Crippen LogP contribution in [0.3, 0.4) is 0 Å². The van der Waals surface area contributed by atoms with Gasteiger partial charge in [-0.05, 0) is 29.1 Å². The number of benzene rings is 1. The molecule has 0 saturated heterocycles. The van der Waals surface area contributed by atoms with E-state index in [9.17, 15) is 8.42 Å². The van der Waals surface area contributed by atoms with Crippen LogP contribution in [-0.4, -0.2) is 41.7 Å². The lowest BCUT2D eigenvalue weighted by Crippen LogP contribution is -2.22. The van der Waals surface area contributed by atoms with Gasteiger partial charge in [0, 0.05) is 19.8 Å². The molecule has 0 saturated carbocycles. The fraction of sp³-hybridized carbons (Fsp3) is 0.200. The second kappa shape index (κ2) is 7.16. The molecule has 7 nitrogen and oxygen atoms in total. The summed E-state index contributed by atoms with van der Waals surface area (Å²) in [5.41, 5.74) is 0.869. The minimum Gasteiger partial charge on any atom is -0.335 e. The van der Waals surface area contributed by atoms with E-state index in [0.717, 1.165) is 10.4 Å². The van der Waals surface area contributed by atoms with Gasteiger partial charge in [0.2, 0.25) is 15.2 Å². The first-order chi connectivity index (χ1) is 11.9. The van der Waals surface area contributed by atoms with Gasteiger partial charge in [-0.25, -0.2) is 17.4 Å². The first-order valence-electron chi connectivity index (χ1n) is 7.28. The molecule has 2 heterocycles. The Bertz CT molecular complexity index is 965. The molecule has 0 fully saturated rings. The highest BCUT2D eigenvalue weighted by atomic mass is 32.2. The summed E-state index contributed by atoms with van der Waals surface area (Å²) in [6, 6.07) is 10.7. The Kier molecular flexibility index (Phi) is 5.13. The van der Waals surface area contributed by atoms with Crippen LogP contribution in [0.2, 0.25) is 0 Å². The number of thioether (sulfide) groups is 1. The summed E-state index contributed by atoms with van der Waals surface area (Å²) in [7, 11) is -0.421. The average molecular weight is 396 g/mol. The normalized spacial score (nSPS) is 12.0. The summed E-state index contributed by atoms with van der Waals surface area (Å²) in [5, 5.41) is 10.8. The van der Waals surface area contributed by atoms with Crippen LogP contribution in [0.1, 0.15) is 5.56 Å². The number of rotatable bonds is 6. The van der Waals surface area contributed by atoms with Gasteiger partial charge in [-0.2, -0.15) is 0 Å². The van der Waals surface area contributed by atoms with Gasteiger partial charge in [0.05, 0.1) is 9.77 Å². The lowest BCUT2D eigenvalue weighted by atomic mass is 10.2. The summed E-state index contributed by atoms with van der Waals surface area (Å²) < 4.78 is 27.1. The van der Waals surface area contributed by atoms with E-state index in [0.29, 0.717) is 16.7 Å². The zero-order chi connectivity index (χ0) is 18.0. The van der Waals surface area contributed by atoms with Gasteiger partial charge < -0.3 is 5.84 Å². The van der Waals surface area contributed by atoms with Crippen LogP contribution in [0.15, 0.2) is 51.8 Å². The highest BCUT2D eigenvalue weighted by Crippen LogP contribution is 2.27. The van der Waals surface area contributed by atoms with Crippen molar-refractivity contribution in [3.63, 3.8) is 0 Å². The second-order valence-corrected chi connectivity index (χ2v) is 9.42. The summed E-state index contributed by atoms with van der Waals surface area (Å²) >= 11 is 2.95. The number of thiophene rings is 1. The number of aromatic nitrogens is 3. The Balaban J connectivity index is 1.77. The molecule has 10 heteroatoms. The third kappa shape index (κ3) is 3.71. The van der Waals surface area contributed by atoms with Crippen LogP contribution in [0.4, 0.5) is 0 Å². The summed E-state index contributed by atoms with van der Waals surface area (Å²) in [6.45, 7) is 0. The van der Waals surface area contributed by atoms with E-state index in [1.165, 1.54) is 34.8 Å². The van der Waals surface area contributed by atoms with Crippen molar-refractivity contribution in [1.29, 1.82) is 0 Å². The molecule has 0 radical (unpaired) electrons. The van der Waals surface area contributed by atoms with Gasteiger partial charge in [0.15, 0.2) is 5.82 Å². The molecule has 3 rings (SSSR count). The maximum absolute atomic E-state index is 12.2. The number of nitrogen functional groups attached to an aromatic ring is 1. The van der Waals surface area contributed by atoms with Crippen molar-refractivity contribution >= 4 is 33.1 Å². The molecule has 0 bridgehead atoms. The first kappa shape index (κ1) is 17.9. The van der Waals surface area contributed by atoms with Gasteiger partial charge in [0.1, 0.15) is 0 Å². The molecule has 132 valence electrons. The summed E-state index contributed by atoms with van der Waals surface area (Å²) in [5.74, 6) is 7.22. The number of sulfonamides is 1. The number of hydrogen-bond donors (Lipinski definition) is 1. The molecule has 1 aromatic carbocycles. The van der Waals surface area contributed by atoms with Crippen LogP contribution in [-0.2, 0) is 15.8 Å². The van der Waals surface area contributed by atoms with Crippen LogP contribution in [0.5, 0.6) is 0 Å².